The Morgan fingerprint density at radius 2 is 1.15 bits per heavy atom. The zero-order valence-electron chi connectivity index (χ0n) is 36.6. The van der Waals surface area contributed by atoms with Crippen molar-refractivity contribution < 1.29 is 4.74 Å². The Morgan fingerprint density at radius 1 is 0.627 bits per heavy atom. The monoisotopic (exact) mass is 958 g/mol. The smallest absolute Gasteiger partial charge is 0.0591 e. The van der Waals surface area contributed by atoms with Gasteiger partial charge in [0.25, 0.3) is 0 Å². The molecule has 316 valence electrons. The first-order valence-corrected chi connectivity index (χ1v) is 31.9. The van der Waals surface area contributed by atoms with Gasteiger partial charge >= 0.3 is 293 Å². The van der Waals surface area contributed by atoms with Gasteiger partial charge in [0.1, 0.15) is 0 Å². The first kappa shape index (κ1) is 44.1. The number of ether oxygens (including phenoxy) is 1. The summed E-state index contributed by atoms with van der Waals surface area (Å²) in [6.07, 6.45) is 19.1. The first-order chi connectivity index (χ1) is 28.5. The molecular formula is C54H72OP2Se2. The predicted octanol–water partition coefficient (Wildman–Crippen LogP) is 12.1. The summed E-state index contributed by atoms with van der Waals surface area (Å²) >= 11 is 6.67. The molecule has 0 unspecified atom stereocenters. The van der Waals surface area contributed by atoms with Crippen LogP contribution in [-0.4, -0.2) is 48.3 Å². The zero-order valence-corrected chi connectivity index (χ0v) is 42.2. The molecule has 0 saturated heterocycles. The van der Waals surface area contributed by atoms with E-state index in [0.717, 1.165) is 55.0 Å². The third kappa shape index (κ3) is 8.49. The van der Waals surface area contributed by atoms with Gasteiger partial charge in [0, 0.05) is 0 Å². The molecule has 0 spiro atoms. The fraction of sp³-hybridized carbons (Fsp3) is 0.519. The van der Waals surface area contributed by atoms with Crippen molar-refractivity contribution in [2.45, 2.75) is 123 Å². The van der Waals surface area contributed by atoms with Crippen LogP contribution < -0.4 is 21.2 Å². The summed E-state index contributed by atoms with van der Waals surface area (Å²) in [7, 11) is 0. The summed E-state index contributed by atoms with van der Waals surface area (Å²) in [5.74, 6) is 5.26. The maximum absolute atomic E-state index is 7.23. The third-order valence-electron chi connectivity index (χ3n) is 16.5. The Kier molecular flexibility index (Phi) is 14.0. The second-order valence-electron chi connectivity index (χ2n) is 20.0. The molecule has 0 aliphatic heterocycles. The predicted molar refractivity (Wildman–Crippen MR) is 264 cm³/mol. The van der Waals surface area contributed by atoms with Crippen LogP contribution in [0, 0.1) is 46.3 Å². The van der Waals surface area contributed by atoms with Gasteiger partial charge in [-0.15, -0.1) is 0 Å². The van der Waals surface area contributed by atoms with Gasteiger partial charge in [-0.1, -0.05) is 47.0 Å². The van der Waals surface area contributed by atoms with E-state index >= 15 is 0 Å². The summed E-state index contributed by atoms with van der Waals surface area (Å²) < 4.78 is 7.23. The van der Waals surface area contributed by atoms with Gasteiger partial charge < -0.3 is 0 Å². The van der Waals surface area contributed by atoms with E-state index in [1.807, 2.05) is 0 Å². The molecule has 3 fully saturated rings. The van der Waals surface area contributed by atoms with Gasteiger partial charge in [-0.2, -0.15) is 0 Å². The maximum atomic E-state index is 7.23. The minimum Gasteiger partial charge on any atom is -0.0591 e. The molecule has 0 heterocycles. The number of fused-ring (bicyclic) bond motifs is 5. The average Bonchev–Trinajstić information content (AvgIpc) is 3.63. The third-order valence-corrected chi connectivity index (χ3v) is 36.8. The minimum absolute atomic E-state index is 0.308. The van der Waals surface area contributed by atoms with Crippen molar-refractivity contribution in [1.29, 1.82) is 0 Å². The fourth-order valence-electron chi connectivity index (χ4n) is 13.4. The molecule has 8 atom stereocenters. The van der Waals surface area contributed by atoms with Crippen molar-refractivity contribution in [2.24, 2.45) is 46.3 Å². The summed E-state index contributed by atoms with van der Waals surface area (Å²) in [6, 6.07) is 45.9. The van der Waals surface area contributed by atoms with Crippen molar-refractivity contribution in [3.8, 4) is 0 Å². The van der Waals surface area contributed by atoms with Crippen LogP contribution in [0.5, 0.6) is 0 Å². The minimum atomic E-state index is -2.01. The Labute approximate surface area is 373 Å². The molecule has 59 heavy (non-hydrogen) atoms. The van der Waals surface area contributed by atoms with Gasteiger partial charge in [0.2, 0.25) is 0 Å². The Hall–Kier alpha value is -1.52. The molecule has 0 bridgehead atoms. The van der Waals surface area contributed by atoms with E-state index < -0.39 is 11.0 Å². The molecule has 2 radical (unpaired) electrons. The Bertz CT molecular complexity index is 1930. The molecule has 1 nitrogen and oxygen atoms in total. The molecule has 0 amide bonds. The summed E-state index contributed by atoms with van der Waals surface area (Å²) in [6.45, 7) is 13.6. The summed E-state index contributed by atoms with van der Waals surface area (Å²) in [4.78, 5) is 0. The SMILES string of the molecule is CC(C)CCC[C@@H](C)[C@H]1CC[C@H]2[C@@H]3CC=C4C[C@@H](OCCC(P(=[SeH])(c5ccccc5)c5ccccc5)P(=[SeH])(c5ccccc5)c5ccccc5)CC[C@]4(C)[C@H]3CC[C@]12C. The van der Waals surface area contributed by atoms with Crippen LogP contribution in [0.2, 0.25) is 0 Å². The molecule has 4 aliphatic rings. The van der Waals surface area contributed by atoms with Gasteiger partial charge in [0.15, 0.2) is 0 Å². The van der Waals surface area contributed by atoms with Gasteiger partial charge in [0.05, 0.1) is 0 Å². The molecule has 0 aromatic heterocycles. The van der Waals surface area contributed by atoms with Crippen molar-refractivity contribution in [3.05, 3.63) is 133 Å². The van der Waals surface area contributed by atoms with E-state index in [-0.39, 0.29) is 0 Å². The standard InChI is InChI=1S/C54H72OP2Se2/c1-40(2)19-18-20-41(3)49-31-32-50-48-30-29-42-39-43(33-36-53(42,4)51(48)34-37-54(49,50)5)55-38-35-52(56(58,44-21-10-6-11-22-44)45-23-12-7-13-24-45)57(59,46-25-14-8-15-26-46)47-27-16-9-17-28-47/h6-17,21-29,40-41,43,48-52,58-59H,18-20,30-39H2,1-5H3/t41-,43+,48+,49-,50+,51+,53+,54-/m1/s1. The molecule has 5 heteroatoms. The number of rotatable bonds is 15. The van der Waals surface area contributed by atoms with E-state index in [9.17, 15) is 0 Å². The van der Waals surface area contributed by atoms with Crippen molar-refractivity contribution >= 4 is 62.4 Å². The van der Waals surface area contributed by atoms with Crippen LogP contribution in [0.1, 0.15) is 112 Å². The van der Waals surface area contributed by atoms with E-state index in [1.54, 1.807) is 5.57 Å². The van der Waals surface area contributed by atoms with E-state index in [1.165, 1.54) is 85.4 Å². The van der Waals surface area contributed by atoms with Crippen LogP contribution in [0.3, 0.4) is 0 Å². The van der Waals surface area contributed by atoms with Crippen molar-refractivity contribution in [2.75, 3.05) is 6.61 Å². The van der Waals surface area contributed by atoms with Crippen molar-refractivity contribution in [3.63, 3.8) is 0 Å². The zero-order chi connectivity index (χ0) is 41.3. The quantitative estimate of drug-likeness (QED) is 0.0655. The Morgan fingerprint density at radius 3 is 1.66 bits per heavy atom. The van der Waals surface area contributed by atoms with Gasteiger partial charge in [-0.3, -0.25) is 0 Å². The van der Waals surface area contributed by atoms with E-state index in [2.05, 4.69) is 192 Å². The molecule has 0 N–H and O–H groups in total. The van der Waals surface area contributed by atoms with Gasteiger partial charge in [-0.25, -0.2) is 0 Å². The fourth-order valence-corrected chi connectivity index (χ4v) is 36.4. The van der Waals surface area contributed by atoms with Crippen LogP contribution in [-0.2, 0) is 4.74 Å². The molecular weight excluding hydrogens is 884 g/mol. The van der Waals surface area contributed by atoms with Crippen molar-refractivity contribution in [1.82, 2.24) is 0 Å². The topological polar surface area (TPSA) is 9.23 Å². The average molecular weight is 957 g/mol. The second kappa shape index (κ2) is 18.7. The molecule has 4 aliphatic carbocycles. The number of hydrogen-bond donors (Lipinski definition) is 0. The van der Waals surface area contributed by atoms with Crippen LogP contribution in [0.25, 0.3) is 0 Å². The van der Waals surface area contributed by atoms with E-state index in [0.29, 0.717) is 22.3 Å². The molecule has 3 saturated carbocycles. The van der Waals surface area contributed by atoms with E-state index in [4.69, 9.17) is 4.74 Å². The Balaban J connectivity index is 1.04. The van der Waals surface area contributed by atoms with Crippen LogP contribution in [0.15, 0.2) is 133 Å². The normalized spacial score (nSPS) is 28.7. The van der Waals surface area contributed by atoms with Crippen LogP contribution >= 0.6 is 11.0 Å². The number of allylic oxidation sites excluding steroid dienone is 1. The summed E-state index contributed by atoms with van der Waals surface area (Å²) in [5, 5.41) is 6.23. The number of benzene rings is 4. The molecule has 4 aromatic rings. The number of hydrogen-bond acceptors (Lipinski definition) is 1. The molecule has 4 aromatic carbocycles. The van der Waals surface area contributed by atoms with Crippen LogP contribution in [0.4, 0.5) is 0 Å². The molecule has 8 rings (SSSR count). The summed E-state index contributed by atoms with van der Waals surface area (Å²) in [5.41, 5.74) is -1.39. The first-order valence-electron chi connectivity index (χ1n) is 23.3. The second-order valence-corrected chi connectivity index (χ2v) is 34.4. The van der Waals surface area contributed by atoms with Gasteiger partial charge in [-0.05, 0) is 36.0 Å².